The minimum absolute atomic E-state index is 0.0262. The van der Waals surface area contributed by atoms with Gasteiger partial charge in [0.05, 0.1) is 12.6 Å². The van der Waals surface area contributed by atoms with Gasteiger partial charge in [0.2, 0.25) is 0 Å². The van der Waals surface area contributed by atoms with E-state index in [-0.39, 0.29) is 12.5 Å². The molecule has 132 valence electrons. The topological polar surface area (TPSA) is 72.9 Å². The molecule has 1 aromatic rings. The quantitative estimate of drug-likeness (QED) is 0.706. The molecule has 0 bridgehead atoms. The van der Waals surface area contributed by atoms with Gasteiger partial charge in [-0.3, -0.25) is 14.6 Å². The number of nitrogens with zero attached hydrogens (tertiary/aromatic N) is 2. The average Bonchev–Trinajstić information content (AvgIpc) is 2.75. The molecule has 2 rings (SSSR count). The number of benzene rings is 1. The van der Waals surface area contributed by atoms with Crippen molar-refractivity contribution in [2.45, 2.75) is 39.0 Å². The summed E-state index contributed by atoms with van der Waals surface area (Å²) in [6.07, 6.45) is -0.156. The molecule has 3 amide bonds. The van der Waals surface area contributed by atoms with Crippen LogP contribution in [-0.4, -0.2) is 59.1 Å². The average molecular weight is 333 g/mol. The van der Waals surface area contributed by atoms with Crippen LogP contribution in [0.2, 0.25) is 0 Å². The van der Waals surface area contributed by atoms with Crippen LogP contribution in [0.15, 0.2) is 30.3 Å². The van der Waals surface area contributed by atoms with Gasteiger partial charge in [0.1, 0.15) is 6.04 Å². The van der Waals surface area contributed by atoms with Gasteiger partial charge in [-0.25, -0.2) is 4.79 Å². The Morgan fingerprint density at radius 2 is 1.92 bits per heavy atom. The Morgan fingerprint density at radius 3 is 2.54 bits per heavy atom. The van der Waals surface area contributed by atoms with Gasteiger partial charge in [0, 0.05) is 13.1 Å². The maximum atomic E-state index is 12.3. The van der Waals surface area contributed by atoms with Gasteiger partial charge in [0.25, 0.3) is 5.91 Å². The highest BCUT2D eigenvalue weighted by Gasteiger charge is 2.38. The van der Waals surface area contributed by atoms with Crippen LogP contribution in [0.25, 0.3) is 0 Å². The lowest BCUT2D eigenvalue weighted by atomic mass is 10.0. The van der Waals surface area contributed by atoms with Crippen molar-refractivity contribution in [3.63, 3.8) is 0 Å². The Hall–Kier alpha value is -1.92. The molecule has 0 aromatic heterocycles. The van der Waals surface area contributed by atoms with Crippen molar-refractivity contribution in [1.29, 1.82) is 0 Å². The minimum atomic E-state index is -0.772. The van der Waals surface area contributed by atoms with Gasteiger partial charge in [-0.15, -0.1) is 0 Å². The highest BCUT2D eigenvalue weighted by atomic mass is 16.3. The fourth-order valence-corrected chi connectivity index (χ4v) is 2.97. The summed E-state index contributed by atoms with van der Waals surface area (Å²) in [5.74, 6) is 0.0830. The van der Waals surface area contributed by atoms with Crippen LogP contribution in [-0.2, 0) is 11.3 Å². The van der Waals surface area contributed by atoms with E-state index in [9.17, 15) is 14.7 Å². The number of rotatable bonds is 8. The number of likely N-dealkylation sites (N-methyl/N-ethyl adjacent to an activating group) is 1. The number of carbonyl (C=O) groups is 2. The van der Waals surface area contributed by atoms with Crippen LogP contribution in [0.5, 0.6) is 0 Å². The third kappa shape index (κ3) is 5.04. The second-order valence-electron chi connectivity index (χ2n) is 6.92. The summed E-state index contributed by atoms with van der Waals surface area (Å²) >= 11 is 0. The first-order valence-electron chi connectivity index (χ1n) is 8.39. The van der Waals surface area contributed by atoms with Crippen LogP contribution >= 0.6 is 0 Å². The normalized spacial score (nSPS) is 19.2. The summed E-state index contributed by atoms with van der Waals surface area (Å²) in [6.45, 7) is 5.14. The zero-order chi connectivity index (χ0) is 17.7. The smallest absolute Gasteiger partial charge is 0.324 e. The molecule has 2 atom stereocenters. The first-order chi connectivity index (χ1) is 11.4. The summed E-state index contributed by atoms with van der Waals surface area (Å²) in [4.78, 5) is 27.3. The first-order valence-corrected chi connectivity index (χ1v) is 8.39. The monoisotopic (exact) mass is 333 g/mol. The number of amides is 3. The van der Waals surface area contributed by atoms with Gasteiger partial charge in [-0.05, 0) is 24.9 Å². The number of aliphatic hydroxyl groups is 1. The van der Waals surface area contributed by atoms with Gasteiger partial charge in [-0.1, -0.05) is 44.2 Å². The number of aliphatic hydroxyl groups excluding tert-OH is 1. The molecule has 6 heteroatoms. The zero-order valence-corrected chi connectivity index (χ0v) is 14.6. The SMILES string of the molecule is CC(C)C[C@H]1NC(=O)N(C[C@@H](O)CN(C)Cc2ccccc2)C1=O. The van der Waals surface area contributed by atoms with E-state index in [1.165, 1.54) is 0 Å². The number of hydrogen-bond donors (Lipinski definition) is 2. The Labute approximate surface area is 143 Å². The Balaban J connectivity index is 1.84. The molecular weight excluding hydrogens is 306 g/mol. The number of nitrogens with one attached hydrogen (secondary N) is 1. The molecule has 0 radical (unpaired) electrons. The molecule has 1 aliphatic rings. The molecule has 0 unspecified atom stereocenters. The molecule has 1 fully saturated rings. The lowest BCUT2D eigenvalue weighted by Crippen LogP contribution is -2.42. The summed E-state index contributed by atoms with van der Waals surface area (Å²) in [5.41, 5.74) is 1.15. The van der Waals surface area contributed by atoms with Crippen molar-refractivity contribution in [1.82, 2.24) is 15.1 Å². The van der Waals surface area contributed by atoms with E-state index in [2.05, 4.69) is 5.32 Å². The van der Waals surface area contributed by atoms with Gasteiger partial charge < -0.3 is 10.4 Å². The van der Waals surface area contributed by atoms with Crippen LogP contribution in [0, 0.1) is 5.92 Å². The fraction of sp³-hybridized carbons (Fsp3) is 0.556. The van der Waals surface area contributed by atoms with E-state index in [0.29, 0.717) is 25.4 Å². The maximum Gasteiger partial charge on any atom is 0.324 e. The summed E-state index contributed by atoms with van der Waals surface area (Å²) in [6, 6.07) is 9.09. The minimum Gasteiger partial charge on any atom is -0.390 e. The van der Waals surface area contributed by atoms with Crippen LogP contribution in [0.3, 0.4) is 0 Å². The van der Waals surface area contributed by atoms with Crippen molar-refractivity contribution < 1.29 is 14.7 Å². The lowest BCUT2D eigenvalue weighted by molar-refractivity contribution is -0.128. The van der Waals surface area contributed by atoms with E-state index in [1.54, 1.807) is 0 Å². The predicted molar refractivity (Wildman–Crippen MR) is 92.3 cm³/mol. The third-order valence-electron chi connectivity index (χ3n) is 4.03. The Kier molecular flexibility index (Phi) is 6.34. The fourth-order valence-electron chi connectivity index (χ4n) is 2.97. The molecule has 0 saturated carbocycles. The van der Waals surface area contributed by atoms with E-state index >= 15 is 0 Å². The van der Waals surface area contributed by atoms with Crippen molar-refractivity contribution in [2.24, 2.45) is 5.92 Å². The van der Waals surface area contributed by atoms with Gasteiger partial charge in [0.15, 0.2) is 0 Å². The first kappa shape index (κ1) is 18.4. The molecule has 1 heterocycles. The van der Waals surface area contributed by atoms with E-state index < -0.39 is 18.2 Å². The van der Waals surface area contributed by atoms with Crippen molar-refractivity contribution >= 4 is 11.9 Å². The summed E-state index contributed by atoms with van der Waals surface area (Å²) < 4.78 is 0. The van der Waals surface area contributed by atoms with Crippen LogP contribution in [0.4, 0.5) is 4.79 Å². The van der Waals surface area contributed by atoms with Gasteiger partial charge >= 0.3 is 6.03 Å². The molecule has 1 aliphatic heterocycles. The molecule has 6 nitrogen and oxygen atoms in total. The molecular formula is C18H27N3O3. The number of carbonyl (C=O) groups excluding carboxylic acids is 2. The van der Waals surface area contributed by atoms with Crippen molar-refractivity contribution in [2.75, 3.05) is 20.1 Å². The predicted octanol–water partition coefficient (Wildman–Crippen LogP) is 1.45. The summed E-state index contributed by atoms with van der Waals surface area (Å²) in [7, 11) is 1.91. The van der Waals surface area contributed by atoms with E-state index in [4.69, 9.17) is 0 Å². The number of urea groups is 1. The van der Waals surface area contributed by atoms with Crippen LogP contribution in [0.1, 0.15) is 25.8 Å². The molecule has 0 aliphatic carbocycles. The second-order valence-corrected chi connectivity index (χ2v) is 6.92. The van der Waals surface area contributed by atoms with E-state index in [1.807, 2.05) is 56.1 Å². The van der Waals surface area contributed by atoms with Crippen molar-refractivity contribution in [3.05, 3.63) is 35.9 Å². The summed E-state index contributed by atoms with van der Waals surface area (Å²) in [5, 5.41) is 12.9. The molecule has 1 saturated heterocycles. The second kappa shape index (κ2) is 8.26. The number of hydrogen-bond acceptors (Lipinski definition) is 4. The molecule has 2 N–H and O–H groups in total. The highest BCUT2D eigenvalue weighted by Crippen LogP contribution is 2.15. The Morgan fingerprint density at radius 1 is 1.25 bits per heavy atom. The molecule has 0 spiro atoms. The Bertz CT molecular complexity index is 562. The standard InChI is InChI=1S/C18H27N3O3/c1-13(2)9-16-17(23)21(18(24)19-16)12-15(22)11-20(3)10-14-7-5-4-6-8-14/h4-8,13,15-16,22H,9-12H2,1-3H3,(H,19,24)/t15-,16+/m0/s1. The highest BCUT2D eigenvalue weighted by molar-refractivity contribution is 6.04. The van der Waals surface area contributed by atoms with Crippen LogP contribution < -0.4 is 5.32 Å². The number of β-amino-alcohol motifs (C(OH)–C–C–N with tert-alkyl or cyclic N) is 1. The zero-order valence-electron chi connectivity index (χ0n) is 14.6. The van der Waals surface area contributed by atoms with Crippen molar-refractivity contribution in [3.8, 4) is 0 Å². The van der Waals surface area contributed by atoms with Gasteiger partial charge in [-0.2, -0.15) is 0 Å². The van der Waals surface area contributed by atoms with E-state index in [0.717, 1.165) is 10.5 Å². The largest absolute Gasteiger partial charge is 0.390 e. The number of imide groups is 1. The molecule has 1 aromatic carbocycles. The third-order valence-corrected chi connectivity index (χ3v) is 4.03. The molecule has 24 heavy (non-hydrogen) atoms. The maximum absolute atomic E-state index is 12.3. The lowest BCUT2D eigenvalue weighted by Gasteiger charge is -2.23.